The van der Waals surface area contributed by atoms with E-state index in [0.717, 1.165) is 5.56 Å². The number of halogens is 3. The van der Waals surface area contributed by atoms with Crippen LogP contribution in [0.3, 0.4) is 0 Å². The van der Waals surface area contributed by atoms with Crippen molar-refractivity contribution in [1.82, 2.24) is 19.9 Å². The Bertz CT molecular complexity index is 3680. The van der Waals surface area contributed by atoms with Crippen LogP contribution in [0.5, 0.6) is 28.9 Å². The summed E-state index contributed by atoms with van der Waals surface area (Å²) in [4.78, 5) is 33.0. The molecule has 3 aromatic heterocycles. The van der Waals surface area contributed by atoms with Gasteiger partial charge in [-0.2, -0.15) is 8.42 Å². The second-order valence-electron chi connectivity index (χ2n) is 20.5. The highest BCUT2D eigenvalue weighted by atomic mass is 35.5. The van der Waals surface area contributed by atoms with Gasteiger partial charge in [-0.15, -0.1) is 17.9 Å². The van der Waals surface area contributed by atoms with Crippen molar-refractivity contribution in [1.29, 1.82) is 0 Å². The summed E-state index contributed by atoms with van der Waals surface area (Å²) in [6.45, 7) is 19.2. The lowest BCUT2D eigenvalue weighted by Gasteiger charge is -2.36. The third kappa shape index (κ3) is 13.9. The molecule has 2 atom stereocenters. The van der Waals surface area contributed by atoms with Crippen molar-refractivity contribution in [3.63, 3.8) is 0 Å². The van der Waals surface area contributed by atoms with Gasteiger partial charge in [0.05, 0.1) is 51.9 Å². The first-order valence-corrected chi connectivity index (χ1v) is 31.5. The van der Waals surface area contributed by atoms with E-state index in [0.29, 0.717) is 82.8 Å². The number of benzene rings is 5. The molecule has 0 amide bonds. The van der Waals surface area contributed by atoms with Gasteiger partial charge in [0.15, 0.2) is 11.6 Å². The zero-order chi connectivity index (χ0) is 58.4. The molecule has 0 aliphatic heterocycles. The Balaban J connectivity index is 1.19. The molecule has 5 aromatic carbocycles. The molecule has 0 aliphatic rings. The van der Waals surface area contributed by atoms with Gasteiger partial charge in [0, 0.05) is 28.6 Å². The minimum absolute atomic E-state index is 0.00321. The normalized spacial score (nSPS) is 12.7. The Morgan fingerprint density at radius 1 is 0.877 bits per heavy atom. The molecule has 1 N–H and O–H groups in total. The number of hydrogen-bond donors (Lipinski definition) is 1. The van der Waals surface area contributed by atoms with Crippen molar-refractivity contribution < 1.29 is 55.0 Å². The van der Waals surface area contributed by atoms with Crippen LogP contribution >= 0.6 is 34.5 Å². The minimum Gasteiger partial charge on any atom is -0.543 e. The largest absolute Gasteiger partial charge is 0.543 e. The Hall–Kier alpha value is -6.97. The number of aliphatic carboxylic acids is 1. The van der Waals surface area contributed by atoms with Gasteiger partial charge in [0.1, 0.15) is 53.5 Å². The highest BCUT2D eigenvalue weighted by molar-refractivity contribution is 7.86. The highest BCUT2D eigenvalue weighted by Crippen LogP contribution is 2.53. The number of fused-ring (bicyclic) bond motifs is 1. The van der Waals surface area contributed by atoms with E-state index in [1.807, 2.05) is 31.2 Å². The Morgan fingerprint density at radius 3 is 2.25 bits per heavy atom. The number of carboxylic acid groups (broad SMARTS) is 1. The van der Waals surface area contributed by atoms with Crippen LogP contribution in [0.1, 0.15) is 48.7 Å². The van der Waals surface area contributed by atoms with Crippen molar-refractivity contribution in [2.75, 3.05) is 26.9 Å². The van der Waals surface area contributed by atoms with E-state index in [2.05, 4.69) is 55.4 Å². The summed E-state index contributed by atoms with van der Waals surface area (Å²) < 4.78 is 84.2. The summed E-state index contributed by atoms with van der Waals surface area (Å²) in [5, 5.41) is 11.4. The molecule has 424 valence electrons. The number of thiophene rings is 1. The van der Waals surface area contributed by atoms with Gasteiger partial charge in [-0.3, -0.25) is 4.18 Å². The number of ether oxygens (including phenoxy) is 5. The number of aromatic nitrogens is 4. The number of para-hydroxylation sites is 1. The Labute approximate surface area is 485 Å². The second kappa shape index (κ2) is 25.4. The fourth-order valence-corrected chi connectivity index (χ4v) is 12.0. The van der Waals surface area contributed by atoms with Gasteiger partial charge in [-0.25, -0.2) is 29.1 Å². The van der Waals surface area contributed by atoms with Crippen LogP contribution in [0.15, 0.2) is 127 Å². The average molecular weight is 1200 g/mol. The molecule has 8 aromatic rings. The number of aryl methyl sites for hydroxylation is 1. The Kier molecular flexibility index (Phi) is 18.9. The van der Waals surface area contributed by atoms with E-state index < -0.39 is 49.0 Å². The monoisotopic (exact) mass is 1190 g/mol. The van der Waals surface area contributed by atoms with Crippen LogP contribution in [0.2, 0.25) is 28.2 Å². The van der Waals surface area contributed by atoms with E-state index in [-0.39, 0.29) is 57.8 Å². The first kappa shape index (κ1) is 60.1. The van der Waals surface area contributed by atoms with E-state index in [9.17, 15) is 22.7 Å². The molecule has 0 fully saturated rings. The lowest BCUT2D eigenvalue weighted by Crippen LogP contribution is -2.43. The van der Waals surface area contributed by atoms with Gasteiger partial charge in [-0.1, -0.05) is 92.0 Å². The molecule has 15 nitrogen and oxygen atoms in total. The molecule has 81 heavy (non-hydrogen) atoms. The Morgan fingerprint density at radius 2 is 1.58 bits per heavy atom. The zero-order valence-electron chi connectivity index (χ0n) is 46.1. The zero-order valence-corrected chi connectivity index (χ0v) is 50.3. The molecular formula is C60H61Cl2FN4O11S2Si. The lowest BCUT2D eigenvalue weighted by molar-refractivity contribution is -0.145. The first-order valence-electron chi connectivity index (χ1n) is 25.6. The third-order valence-corrected chi connectivity index (χ3v) is 21.5. The molecule has 2 unspecified atom stereocenters. The van der Waals surface area contributed by atoms with Crippen LogP contribution < -0.4 is 23.4 Å². The number of nitrogens with zero attached hydrogens (tertiary/aromatic N) is 4. The molecule has 8 rings (SSSR count). The molecule has 0 radical (unpaired) electrons. The van der Waals surface area contributed by atoms with E-state index >= 15 is 0 Å². The number of methoxy groups -OCH3 is 1. The fourth-order valence-electron chi connectivity index (χ4n) is 8.43. The summed E-state index contributed by atoms with van der Waals surface area (Å²) in [5.74, 6) is 0.107. The molecule has 0 saturated carbocycles. The summed E-state index contributed by atoms with van der Waals surface area (Å²) in [6.07, 6.45) is 1.60. The standard InChI is InChI=1S/C60H61Cl2FN4O11S2Si/c1-11-28-73-32-43(33-75-80(70,71)44-23-16-35(2)17-24-44)76-54-52(61)36(3)49(37(4)53(54)62)50-51-57(65-34-66-58(51)79-55(50)38-18-20-40(63)21-19-38)77-48(59(68)69)30-39-29-42(78-81(9,10)60(5,6)7)22-25-46(39)74-31-41-26-27-64-56(67-41)45-14-12-13-15-47(45)72-8/h11-27,29,34,43,48H,1,28,30-33H2,2-10H3,(H,68,69). The maximum absolute atomic E-state index is 14.6. The van der Waals surface area contributed by atoms with E-state index in [4.69, 9.17) is 60.5 Å². The molecule has 21 heteroatoms. The average Bonchev–Trinajstić information content (AvgIpc) is 3.91. The van der Waals surface area contributed by atoms with Crippen molar-refractivity contribution in [2.45, 2.75) is 89.8 Å². The predicted octanol–water partition coefficient (Wildman–Crippen LogP) is 14.3. The fraction of sp³-hybridized carbons (Fsp3) is 0.283. The maximum atomic E-state index is 14.6. The van der Waals surface area contributed by atoms with Gasteiger partial charge in [0.25, 0.3) is 10.1 Å². The molecule has 0 spiro atoms. The molecule has 0 aliphatic carbocycles. The van der Waals surface area contributed by atoms with Crippen molar-refractivity contribution >= 4 is 69.2 Å². The number of carboxylic acids is 1. The number of hydrogen-bond acceptors (Lipinski definition) is 15. The molecular weight excluding hydrogens is 1130 g/mol. The smallest absolute Gasteiger partial charge is 0.345 e. The SMILES string of the molecule is C=CCOCC(COS(=O)(=O)c1ccc(C)cc1)Oc1c(Cl)c(C)c(-c2c(-c3ccc(F)cc3)sc3ncnc(OC(Cc4cc(O[Si](C)(C)C(C)(C)C)ccc4OCc4ccnc(-c5ccccc5OC)n4)C(=O)O)c23)c(C)c1Cl. The topological polar surface area (TPSA) is 188 Å². The number of carbonyl (C=O) groups is 1. The summed E-state index contributed by atoms with van der Waals surface area (Å²) in [6, 6.07) is 26.6. The quantitative estimate of drug-likeness (QED) is 0.0260. The van der Waals surface area contributed by atoms with Gasteiger partial charge >= 0.3 is 5.97 Å². The summed E-state index contributed by atoms with van der Waals surface area (Å²) in [7, 11) is -5.05. The molecule has 0 saturated heterocycles. The summed E-state index contributed by atoms with van der Waals surface area (Å²) in [5.41, 5.74) is 5.05. The van der Waals surface area contributed by atoms with Crippen molar-refractivity contribution in [3.8, 4) is 61.8 Å². The second-order valence-corrected chi connectivity index (χ2v) is 28.6. The van der Waals surface area contributed by atoms with Gasteiger partial charge in [0.2, 0.25) is 20.3 Å². The third-order valence-electron chi connectivity index (χ3n) is 13.7. The van der Waals surface area contributed by atoms with Crippen LogP contribution in [0.25, 0.3) is 43.2 Å². The maximum Gasteiger partial charge on any atom is 0.345 e. The highest BCUT2D eigenvalue weighted by Gasteiger charge is 2.39. The predicted molar refractivity (Wildman–Crippen MR) is 316 cm³/mol. The van der Waals surface area contributed by atoms with Crippen molar-refractivity contribution in [2.24, 2.45) is 0 Å². The van der Waals surface area contributed by atoms with Crippen LogP contribution in [0.4, 0.5) is 4.39 Å². The first-order chi connectivity index (χ1) is 38.5. The lowest BCUT2D eigenvalue weighted by atomic mass is 9.92. The van der Waals surface area contributed by atoms with Crippen molar-refractivity contribution in [3.05, 3.63) is 166 Å². The molecule has 3 heterocycles. The summed E-state index contributed by atoms with van der Waals surface area (Å²) >= 11 is 15.8. The van der Waals surface area contributed by atoms with Crippen LogP contribution in [-0.2, 0) is 36.9 Å². The van der Waals surface area contributed by atoms with Gasteiger partial charge < -0.3 is 33.2 Å². The van der Waals surface area contributed by atoms with Crippen LogP contribution in [0, 0.1) is 26.6 Å². The number of rotatable bonds is 24. The van der Waals surface area contributed by atoms with Gasteiger partial charge in [-0.05, 0) is 122 Å². The molecule has 0 bridgehead atoms. The van der Waals surface area contributed by atoms with Crippen LogP contribution in [-0.4, -0.2) is 86.9 Å². The van der Waals surface area contributed by atoms with E-state index in [1.54, 1.807) is 75.7 Å². The van der Waals surface area contributed by atoms with E-state index in [1.165, 1.54) is 48.0 Å². The minimum atomic E-state index is -4.22.